The molecule has 144 valence electrons. The molecule has 1 amide bonds. The highest BCUT2D eigenvalue weighted by atomic mass is 35.5. The second-order valence-electron chi connectivity index (χ2n) is 5.76. The highest BCUT2D eigenvalue weighted by Crippen LogP contribution is 2.31. The number of ether oxygens (including phenoxy) is 1. The Morgan fingerprint density at radius 1 is 1.11 bits per heavy atom. The third-order valence-corrected chi connectivity index (χ3v) is 4.30. The minimum Gasteiger partial charge on any atom is -0.492 e. The van der Waals surface area contributed by atoms with Crippen LogP contribution >= 0.6 is 23.2 Å². The first kappa shape index (κ1) is 21.0. The Kier molecular flexibility index (Phi) is 7.91. The van der Waals surface area contributed by atoms with E-state index < -0.39 is 11.9 Å². The maximum Gasteiger partial charge on any atom is 0.303 e. The maximum atomic E-state index is 12.5. The van der Waals surface area contributed by atoms with Crippen LogP contribution in [0.2, 0.25) is 10.0 Å². The van der Waals surface area contributed by atoms with E-state index in [0.717, 1.165) is 5.56 Å². The first-order chi connectivity index (χ1) is 12.9. The van der Waals surface area contributed by atoms with Gasteiger partial charge in [-0.3, -0.25) is 9.59 Å². The summed E-state index contributed by atoms with van der Waals surface area (Å²) < 4.78 is 5.51. The molecule has 6 nitrogen and oxygen atoms in total. The second-order valence-corrected chi connectivity index (χ2v) is 6.57. The largest absolute Gasteiger partial charge is 0.492 e. The van der Waals surface area contributed by atoms with E-state index >= 15 is 0 Å². The maximum absolute atomic E-state index is 12.5. The van der Waals surface area contributed by atoms with Gasteiger partial charge in [0.1, 0.15) is 12.4 Å². The Morgan fingerprint density at radius 3 is 2.30 bits per heavy atom. The van der Waals surface area contributed by atoms with Gasteiger partial charge in [0.2, 0.25) is 0 Å². The minimum absolute atomic E-state index is 0.0552. The number of halogens is 2. The molecule has 0 spiro atoms. The quantitative estimate of drug-likeness (QED) is 0.546. The fraction of sp³-hybridized carbons (Fsp3) is 0.263. The average Bonchev–Trinajstić information content (AvgIpc) is 2.60. The lowest BCUT2D eigenvalue weighted by atomic mass is 10.1. The summed E-state index contributed by atoms with van der Waals surface area (Å²) in [5.41, 5.74) is 1.59. The molecular formula is C19H20Cl2N2O4. The molecule has 2 aromatic carbocycles. The molecule has 0 aliphatic carbocycles. The predicted molar refractivity (Wildman–Crippen MR) is 106 cm³/mol. The molecule has 0 unspecified atom stereocenters. The van der Waals surface area contributed by atoms with E-state index in [1.54, 1.807) is 36.4 Å². The molecule has 0 saturated carbocycles. The molecular weight excluding hydrogens is 391 g/mol. The summed E-state index contributed by atoms with van der Waals surface area (Å²) >= 11 is 12.4. The lowest BCUT2D eigenvalue weighted by molar-refractivity contribution is -0.136. The van der Waals surface area contributed by atoms with Gasteiger partial charge in [0.25, 0.3) is 5.91 Å². The zero-order valence-corrected chi connectivity index (χ0v) is 16.2. The number of carbonyl (C=O) groups excluding carboxylic acids is 1. The summed E-state index contributed by atoms with van der Waals surface area (Å²) in [5, 5.41) is 14.8. The van der Waals surface area contributed by atoms with Crippen LogP contribution in [-0.4, -0.2) is 37.2 Å². The van der Waals surface area contributed by atoms with Gasteiger partial charge in [-0.15, -0.1) is 0 Å². The number of anilines is 1. The van der Waals surface area contributed by atoms with Crippen LogP contribution in [0.5, 0.6) is 5.75 Å². The number of carbonyl (C=O) groups is 2. The molecule has 2 aromatic rings. The van der Waals surface area contributed by atoms with E-state index in [-0.39, 0.29) is 22.0 Å². The number of hydrogen-bond acceptors (Lipinski definition) is 4. The van der Waals surface area contributed by atoms with E-state index in [4.69, 9.17) is 33.0 Å². The van der Waals surface area contributed by atoms with Crippen LogP contribution in [0.4, 0.5) is 5.69 Å². The number of rotatable bonds is 9. The van der Waals surface area contributed by atoms with Crippen molar-refractivity contribution in [3.8, 4) is 5.75 Å². The number of carboxylic acids is 1. The van der Waals surface area contributed by atoms with E-state index in [1.807, 2.05) is 7.05 Å². The van der Waals surface area contributed by atoms with Gasteiger partial charge in [0, 0.05) is 18.7 Å². The molecule has 0 saturated heterocycles. The van der Waals surface area contributed by atoms with Crippen molar-refractivity contribution in [1.29, 1.82) is 0 Å². The van der Waals surface area contributed by atoms with E-state index in [1.165, 1.54) is 0 Å². The average molecular weight is 411 g/mol. The van der Waals surface area contributed by atoms with Crippen molar-refractivity contribution in [1.82, 2.24) is 5.32 Å². The van der Waals surface area contributed by atoms with Gasteiger partial charge in [-0.1, -0.05) is 35.3 Å². The minimum atomic E-state index is -0.852. The van der Waals surface area contributed by atoms with Crippen LogP contribution in [0.25, 0.3) is 0 Å². The summed E-state index contributed by atoms with van der Waals surface area (Å²) in [6.45, 7) is 1.11. The van der Waals surface area contributed by atoms with Crippen molar-refractivity contribution >= 4 is 40.8 Å². The van der Waals surface area contributed by atoms with Crippen LogP contribution in [0, 0.1) is 0 Å². The normalized spacial score (nSPS) is 10.5. The first-order valence-electron chi connectivity index (χ1n) is 8.29. The zero-order chi connectivity index (χ0) is 19.8. The molecule has 0 aromatic heterocycles. The third-order valence-electron chi connectivity index (χ3n) is 3.70. The number of aliphatic carboxylic acids is 1. The van der Waals surface area contributed by atoms with Gasteiger partial charge in [0.15, 0.2) is 0 Å². The fourth-order valence-electron chi connectivity index (χ4n) is 2.32. The van der Waals surface area contributed by atoms with Crippen molar-refractivity contribution in [3.05, 3.63) is 57.6 Å². The summed E-state index contributed by atoms with van der Waals surface area (Å²) in [4.78, 5) is 23.1. The van der Waals surface area contributed by atoms with E-state index in [0.29, 0.717) is 31.0 Å². The zero-order valence-electron chi connectivity index (χ0n) is 14.7. The Labute approximate surface area is 167 Å². The molecule has 27 heavy (non-hydrogen) atoms. The highest BCUT2D eigenvalue weighted by molar-refractivity contribution is 6.40. The number of likely N-dealkylation sites (N-methyl/N-ethyl adjacent to an activating group) is 1. The van der Waals surface area contributed by atoms with Crippen molar-refractivity contribution in [2.75, 3.05) is 25.5 Å². The highest BCUT2D eigenvalue weighted by Gasteiger charge is 2.17. The number of carboxylic acid groups (broad SMARTS) is 1. The SMILES string of the molecule is CNCCOc1cc(Cl)c(C(=O)Nc2ccc(CCC(=O)O)cc2)c(Cl)c1. The summed E-state index contributed by atoms with van der Waals surface area (Å²) in [5.74, 6) is -0.806. The van der Waals surface area contributed by atoms with Gasteiger partial charge in [0.05, 0.1) is 15.6 Å². The molecule has 2 rings (SSSR count). The number of benzene rings is 2. The molecule has 0 aliphatic rings. The molecule has 0 radical (unpaired) electrons. The lowest BCUT2D eigenvalue weighted by Gasteiger charge is -2.12. The number of amides is 1. The topological polar surface area (TPSA) is 87.7 Å². The fourth-order valence-corrected chi connectivity index (χ4v) is 2.96. The second kappa shape index (κ2) is 10.2. The van der Waals surface area contributed by atoms with Crippen LogP contribution in [0.1, 0.15) is 22.3 Å². The van der Waals surface area contributed by atoms with E-state index in [9.17, 15) is 9.59 Å². The van der Waals surface area contributed by atoms with Crippen molar-refractivity contribution in [2.24, 2.45) is 0 Å². The summed E-state index contributed by atoms with van der Waals surface area (Å²) in [7, 11) is 1.81. The Morgan fingerprint density at radius 2 is 1.74 bits per heavy atom. The van der Waals surface area contributed by atoms with Gasteiger partial charge in [-0.2, -0.15) is 0 Å². The number of hydrogen-bond donors (Lipinski definition) is 3. The molecule has 3 N–H and O–H groups in total. The summed E-state index contributed by atoms with van der Waals surface area (Å²) in [6.07, 6.45) is 0.482. The van der Waals surface area contributed by atoms with Crippen LogP contribution < -0.4 is 15.4 Å². The van der Waals surface area contributed by atoms with Crippen LogP contribution in [-0.2, 0) is 11.2 Å². The van der Waals surface area contributed by atoms with Gasteiger partial charge in [-0.05, 0) is 43.3 Å². The number of aryl methyl sites for hydroxylation is 1. The molecule has 0 atom stereocenters. The number of nitrogens with one attached hydrogen (secondary N) is 2. The smallest absolute Gasteiger partial charge is 0.303 e. The Hall–Kier alpha value is -2.28. The lowest BCUT2D eigenvalue weighted by Crippen LogP contribution is -2.16. The van der Waals surface area contributed by atoms with Gasteiger partial charge < -0.3 is 20.5 Å². The van der Waals surface area contributed by atoms with Crippen molar-refractivity contribution in [2.45, 2.75) is 12.8 Å². The monoisotopic (exact) mass is 410 g/mol. The standard InChI is InChI=1S/C19H20Cl2N2O4/c1-22-8-9-27-14-10-15(20)18(16(21)11-14)19(26)23-13-5-2-12(3-6-13)4-7-17(24)25/h2-3,5-6,10-11,22H,4,7-9H2,1H3,(H,23,26)(H,24,25). The molecule has 8 heteroatoms. The van der Waals surface area contributed by atoms with Crippen molar-refractivity contribution < 1.29 is 19.4 Å². The first-order valence-corrected chi connectivity index (χ1v) is 9.05. The predicted octanol–water partition coefficient (Wildman–Crippen LogP) is 3.86. The van der Waals surface area contributed by atoms with Crippen LogP contribution in [0.3, 0.4) is 0 Å². The van der Waals surface area contributed by atoms with E-state index in [2.05, 4.69) is 10.6 Å². The molecule has 0 fully saturated rings. The Balaban J connectivity index is 2.05. The van der Waals surface area contributed by atoms with Crippen molar-refractivity contribution in [3.63, 3.8) is 0 Å². The van der Waals surface area contributed by atoms with Gasteiger partial charge >= 0.3 is 5.97 Å². The summed E-state index contributed by atoms with van der Waals surface area (Å²) in [6, 6.07) is 10.0. The van der Waals surface area contributed by atoms with Gasteiger partial charge in [-0.25, -0.2) is 0 Å². The van der Waals surface area contributed by atoms with Crippen LogP contribution in [0.15, 0.2) is 36.4 Å². The molecule has 0 heterocycles. The molecule has 0 bridgehead atoms. The third kappa shape index (κ3) is 6.43. The molecule has 0 aliphatic heterocycles. The Bertz CT molecular complexity index is 787.